The van der Waals surface area contributed by atoms with Crippen molar-refractivity contribution < 1.29 is 14.2 Å². The zero-order valence-electron chi connectivity index (χ0n) is 13.7. The van der Waals surface area contributed by atoms with Gasteiger partial charge in [-0.2, -0.15) is 0 Å². The molecule has 23 heavy (non-hydrogen) atoms. The predicted octanol–water partition coefficient (Wildman–Crippen LogP) is 2.24. The third kappa shape index (κ3) is 2.01. The van der Waals surface area contributed by atoms with Crippen LogP contribution in [-0.2, 0) is 16.1 Å². The number of nitrogens with zero attached hydrogens (tertiary/aromatic N) is 3. The van der Waals surface area contributed by atoms with Gasteiger partial charge in [0, 0.05) is 19.6 Å². The minimum atomic E-state index is -0.339. The summed E-state index contributed by atoms with van der Waals surface area (Å²) in [6.45, 7) is 6.88. The highest BCUT2D eigenvalue weighted by Gasteiger charge is 2.67. The maximum Gasteiger partial charge on any atom is 0.313 e. The van der Waals surface area contributed by atoms with Crippen LogP contribution in [0.5, 0.6) is 0 Å². The maximum atomic E-state index is 12.4. The molecule has 6 heteroatoms. The number of benzene rings is 1. The van der Waals surface area contributed by atoms with E-state index in [0.717, 1.165) is 42.7 Å². The summed E-state index contributed by atoms with van der Waals surface area (Å²) in [5.41, 5.74) is 2.51. The summed E-state index contributed by atoms with van der Waals surface area (Å²) in [5, 5.41) is 7.90. The van der Waals surface area contributed by atoms with Crippen molar-refractivity contribution in [2.45, 2.75) is 26.8 Å². The number of aromatic nitrogens is 2. The SMILES string of the molecule is COC(=O)[C@@]12CN(Cc3cccc4nonc34)C[C@@H]1C(C)(C)C2. The van der Waals surface area contributed by atoms with Crippen molar-refractivity contribution in [2.24, 2.45) is 16.7 Å². The molecule has 6 nitrogen and oxygen atoms in total. The van der Waals surface area contributed by atoms with Gasteiger partial charge >= 0.3 is 5.97 Å². The van der Waals surface area contributed by atoms with Gasteiger partial charge in [0.25, 0.3) is 0 Å². The van der Waals surface area contributed by atoms with E-state index in [-0.39, 0.29) is 16.8 Å². The number of carbonyl (C=O) groups is 1. The minimum Gasteiger partial charge on any atom is -0.469 e. The molecule has 0 N–H and O–H groups in total. The van der Waals surface area contributed by atoms with E-state index >= 15 is 0 Å². The molecular formula is C17H21N3O3. The zero-order chi connectivity index (χ0) is 16.2. The highest BCUT2D eigenvalue weighted by atomic mass is 16.6. The molecule has 2 heterocycles. The van der Waals surface area contributed by atoms with Crippen LogP contribution >= 0.6 is 0 Å². The Hall–Kier alpha value is -1.95. The molecule has 1 aliphatic heterocycles. The summed E-state index contributed by atoms with van der Waals surface area (Å²) in [4.78, 5) is 14.7. The van der Waals surface area contributed by atoms with Crippen LogP contribution in [0.1, 0.15) is 25.8 Å². The standard InChI is InChI=1S/C17H21N3O3/c1-16(2)9-17(15(21)22-3)10-20(8-13(16)17)7-11-5-4-6-12-14(11)19-23-18-12/h4-6,13H,7-10H2,1-3H3/t13-,17+/m1/s1. The Morgan fingerprint density at radius 2 is 2.26 bits per heavy atom. The second-order valence-corrected chi connectivity index (χ2v) is 7.58. The zero-order valence-corrected chi connectivity index (χ0v) is 13.7. The average Bonchev–Trinajstić information content (AvgIpc) is 3.10. The fraction of sp³-hybridized carbons (Fsp3) is 0.588. The summed E-state index contributed by atoms with van der Waals surface area (Å²) >= 11 is 0. The first kappa shape index (κ1) is 14.6. The van der Waals surface area contributed by atoms with Crippen LogP contribution in [0.4, 0.5) is 0 Å². The quantitative estimate of drug-likeness (QED) is 0.809. The normalized spacial score (nSPS) is 29.3. The predicted molar refractivity (Wildman–Crippen MR) is 83.4 cm³/mol. The van der Waals surface area contributed by atoms with Gasteiger partial charge in [-0.05, 0) is 39.7 Å². The Balaban J connectivity index is 1.60. The van der Waals surface area contributed by atoms with Crippen molar-refractivity contribution in [3.8, 4) is 0 Å². The third-order valence-electron chi connectivity index (χ3n) is 5.68. The van der Waals surface area contributed by atoms with Gasteiger partial charge in [0.2, 0.25) is 0 Å². The van der Waals surface area contributed by atoms with E-state index in [1.54, 1.807) is 0 Å². The number of hydrogen-bond donors (Lipinski definition) is 0. The summed E-state index contributed by atoms with van der Waals surface area (Å²) < 4.78 is 9.95. The van der Waals surface area contributed by atoms with Gasteiger partial charge in [-0.15, -0.1) is 0 Å². The number of carbonyl (C=O) groups excluding carboxylic acids is 1. The monoisotopic (exact) mass is 315 g/mol. The largest absolute Gasteiger partial charge is 0.469 e. The fourth-order valence-corrected chi connectivity index (χ4v) is 4.82. The van der Waals surface area contributed by atoms with Crippen molar-refractivity contribution in [3.05, 3.63) is 23.8 Å². The van der Waals surface area contributed by atoms with Gasteiger partial charge in [-0.25, -0.2) is 4.63 Å². The Kier molecular flexibility index (Phi) is 3.04. The van der Waals surface area contributed by atoms with Crippen LogP contribution in [0.3, 0.4) is 0 Å². The number of esters is 1. The molecule has 0 amide bonds. The lowest BCUT2D eigenvalue weighted by atomic mass is 9.48. The summed E-state index contributed by atoms with van der Waals surface area (Å²) in [7, 11) is 1.49. The van der Waals surface area contributed by atoms with E-state index < -0.39 is 0 Å². The van der Waals surface area contributed by atoms with Gasteiger partial charge in [0.05, 0.1) is 12.5 Å². The molecule has 1 aliphatic carbocycles. The summed E-state index contributed by atoms with van der Waals surface area (Å²) in [6.07, 6.45) is 0.892. The first-order chi connectivity index (χ1) is 11.0. The molecule has 0 spiro atoms. The first-order valence-corrected chi connectivity index (χ1v) is 7.97. The lowest BCUT2D eigenvalue weighted by molar-refractivity contribution is -0.174. The lowest BCUT2D eigenvalue weighted by Gasteiger charge is -2.54. The Morgan fingerprint density at radius 3 is 3.00 bits per heavy atom. The molecule has 1 saturated carbocycles. The molecular weight excluding hydrogens is 294 g/mol. The topological polar surface area (TPSA) is 68.5 Å². The summed E-state index contributed by atoms with van der Waals surface area (Å²) in [6, 6.07) is 5.90. The van der Waals surface area contributed by atoms with Gasteiger partial charge in [-0.1, -0.05) is 26.0 Å². The first-order valence-electron chi connectivity index (χ1n) is 7.97. The van der Waals surface area contributed by atoms with Crippen molar-refractivity contribution in [1.29, 1.82) is 0 Å². The Labute approximate surface area is 134 Å². The van der Waals surface area contributed by atoms with Crippen LogP contribution in [0.15, 0.2) is 22.8 Å². The highest BCUT2D eigenvalue weighted by Crippen LogP contribution is 2.63. The lowest BCUT2D eigenvalue weighted by Crippen LogP contribution is -2.57. The van der Waals surface area contributed by atoms with E-state index in [1.165, 1.54) is 7.11 Å². The third-order valence-corrected chi connectivity index (χ3v) is 5.68. The number of likely N-dealkylation sites (tertiary alicyclic amines) is 1. The maximum absolute atomic E-state index is 12.4. The number of rotatable bonds is 3. The molecule has 0 unspecified atom stereocenters. The van der Waals surface area contributed by atoms with Crippen LogP contribution in [0.25, 0.3) is 11.0 Å². The molecule has 122 valence electrons. The van der Waals surface area contributed by atoms with Crippen molar-refractivity contribution in [1.82, 2.24) is 15.2 Å². The van der Waals surface area contributed by atoms with E-state index in [0.29, 0.717) is 5.92 Å². The van der Waals surface area contributed by atoms with Crippen LogP contribution in [0.2, 0.25) is 0 Å². The summed E-state index contributed by atoms with van der Waals surface area (Å²) in [5.74, 6) is 0.280. The van der Waals surface area contributed by atoms with E-state index in [2.05, 4.69) is 29.1 Å². The Morgan fingerprint density at radius 1 is 1.43 bits per heavy atom. The smallest absolute Gasteiger partial charge is 0.313 e. The Bertz CT molecular complexity index is 769. The van der Waals surface area contributed by atoms with Crippen molar-refractivity contribution >= 4 is 17.0 Å². The second kappa shape index (κ2) is 4.77. The van der Waals surface area contributed by atoms with Gasteiger partial charge in [0.1, 0.15) is 11.0 Å². The van der Waals surface area contributed by atoms with Gasteiger partial charge in [-0.3, -0.25) is 9.69 Å². The van der Waals surface area contributed by atoms with Crippen molar-refractivity contribution in [3.63, 3.8) is 0 Å². The fourth-order valence-electron chi connectivity index (χ4n) is 4.82. The number of ether oxygens (including phenoxy) is 1. The molecule has 2 fully saturated rings. The number of methoxy groups -OCH3 is 1. The number of fused-ring (bicyclic) bond motifs is 2. The second-order valence-electron chi connectivity index (χ2n) is 7.58. The molecule has 0 bridgehead atoms. The molecule has 1 saturated heterocycles. The minimum absolute atomic E-state index is 0.0642. The van der Waals surface area contributed by atoms with E-state index in [4.69, 9.17) is 9.37 Å². The number of hydrogen-bond acceptors (Lipinski definition) is 6. The molecule has 4 rings (SSSR count). The molecule has 1 aromatic heterocycles. The average molecular weight is 315 g/mol. The molecule has 2 aliphatic rings. The molecule has 2 atom stereocenters. The van der Waals surface area contributed by atoms with E-state index in [9.17, 15) is 4.79 Å². The molecule has 2 aromatic rings. The van der Waals surface area contributed by atoms with Crippen LogP contribution < -0.4 is 0 Å². The van der Waals surface area contributed by atoms with Gasteiger partial charge < -0.3 is 4.74 Å². The molecule has 0 radical (unpaired) electrons. The molecule has 1 aromatic carbocycles. The van der Waals surface area contributed by atoms with Crippen molar-refractivity contribution in [2.75, 3.05) is 20.2 Å². The van der Waals surface area contributed by atoms with Crippen LogP contribution in [-0.4, -0.2) is 41.4 Å². The van der Waals surface area contributed by atoms with E-state index in [1.807, 2.05) is 18.2 Å². The van der Waals surface area contributed by atoms with Gasteiger partial charge in [0.15, 0.2) is 0 Å². The highest BCUT2D eigenvalue weighted by molar-refractivity contribution is 5.80. The van der Waals surface area contributed by atoms with Crippen LogP contribution in [0, 0.1) is 16.7 Å².